The van der Waals surface area contributed by atoms with Crippen LogP contribution in [-0.4, -0.2) is 60.1 Å². The number of ketones is 1. The number of esters is 1. The molecule has 182 valence electrons. The first-order chi connectivity index (χ1) is 16.7. The minimum absolute atomic E-state index is 0.0523. The molecule has 2 N–H and O–H groups in total. The Bertz CT molecular complexity index is 1160. The van der Waals surface area contributed by atoms with Gasteiger partial charge in [-0.2, -0.15) is 0 Å². The van der Waals surface area contributed by atoms with E-state index in [4.69, 9.17) is 22.1 Å². The number of imide groups is 1. The van der Waals surface area contributed by atoms with Gasteiger partial charge in [0.25, 0.3) is 5.91 Å². The van der Waals surface area contributed by atoms with Crippen LogP contribution in [0.4, 0.5) is 5.69 Å². The van der Waals surface area contributed by atoms with Crippen LogP contribution in [0.5, 0.6) is 0 Å². The number of hydrogen-bond acceptors (Lipinski definition) is 7. The van der Waals surface area contributed by atoms with Crippen LogP contribution in [0.15, 0.2) is 48.5 Å². The van der Waals surface area contributed by atoms with Gasteiger partial charge in [0.15, 0.2) is 12.4 Å². The number of likely N-dealkylation sites (tertiary alicyclic amines) is 1. The summed E-state index contributed by atoms with van der Waals surface area (Å²) < 4.78 is 5.10. The van der Waals surface area contributed by atoms with E-state index in [1.54, 1.807) is 24.3 Å². The maximum Gasteiger partial charge on any atom is 0.338 e. The molecular weight excluding hydrogens is 474 g/mol. The number of piperidine rings is 1. The van der Waals surface area contributed by atoms with Gasteiger partial charge < -0.3 is 10.5 Å². The molecule has 2 fully saturated rings. The lowest BCUT2D eigenvalue weighted by molar-refractivity contribution is -0.124. The zero-order valence-corrected chi connectivity index (χ0v) is 19.6. The smallest absolute Gasteiger partial charge is 0.338 e. The highest BCUT2D eigenvalue weighted by Crippen LogP contribution is 2.29. The molecule has 0 aliphatic carbocycles. The lowest BCUT2D eigenvalue weighted by Gasteiger charge is -2.33. The van der Waals surface area contributed by atoms with Gasteiger partial charge in [0, 0.05) is 16.5 Å². The number of hydrogen-bond donors (Lipinski definition) is 1. The molecule has 10 heteroatoms. The molecule has 4 rings (SSSR count). The summed E-state index contributed by atoms with van der Waals surface area (Å²) in [6, 6.07) is 11.5. The SMILES string of the molecule is NC(=O)C1CCN(C2CC(=O)N(c3ccc(C(=O)OCC(=O)c4ccc(Cl)cc4)cc3)C2=O)CC1. The first kappa shape index (κ1) is 24.6. The number of amides is 3. The topological polar surface area (TPSA) is 127 Å². The maximum absolute atomic E-state index is 13.0. The summed E-state index contributed by atoms with van der Waals surface area (Å²) in [7, 11) is 0. The number of carbonyl (C=O) groups is 5. The number of halogens is 1. The molecular formula is C25H24ClN3O6. The van der Waals surface area contributed by atoms with Gasteiger partial charge in [-0.05, 0) is 74.5 Å². The number of anilines is 1. The van der Waals surface area contributed by atoms with Crippen molar-refractivity contribution in [2.75, 3.05) is 24.6 Å². The van der Waals surface area contributed by atoms with Gasteiger partial charge in [-0.15, -0.1) is 0 Å². The van der Waals surface area contributed by atoms with Crippen molar-refractivity contribution in [3.8, 4) is 0 Å². The summed E-state index contributed by atoms with van der Waals surface area (Å²) in [5.41, 5.74) is 6.28. The molecule has 9 nitrogen and oxygen atoms in total. The van der Waals surface area contributed by atoms with Crippen LogP contribution >= 0.6 is 11.6 Å². The summed E-state index contributed by atoms with van der Waals surface area (Å²) in [5.74, 6) is -2.28. The molecule has 2 aliphatic rings. The number of nitrogens with zero attached hydrogens (tertiary/aromatic N) is 2. The van der Waals surface area contributed by atoms with Crippen LogP contribution in [0.1, 0.15) is 40.0 Å². The van der Waals surface area contributed by atoms with Crippen LogP contribution in [0, 0.1) is 5.92 Å². The molecule has 2 aromatic rings. The van der Waals surface area contributed by atoms with Crippen molar-refractivity contribution in [1.82, 2.24) is 4.90 Å². The van der Waals surface area contributed by atoms with E-state index in [-0.39, 0.29) is 41.4 Å². The van der Waals surface area contributed by atoms with Crippen molar-refractivity contribution in [1.29, 1.82) is 0 Å². The first-order valence-electron chi connectivity index (χ1n) is 11.2. The molecule has 3 amide bonds. The molecule has 2 saturated heterocycles. The molecule has 1 atom stereocenters. The Morgan fingerprint density at radius 1 is 0.943 bits per heavy atom. The fraction of sp³-hybridized carbons (Fsp3) is 0.320. The van der Waals surface area contributed by atoms with Crippen molar-refractivity contribution in [2.45, 2.75) is 25.3 Å². The Morgan fingerprint density at radius 3 is 2.14 bits per heavy atom. The van der Waals surface area contributed by atoms with Gasteiger partial charge in [-0.3, -0.25) is 24.1 Å². The fourth-order valence-electron chi connectivity index (χ4n) is 4.35. The van der Waals surface area contributed by atoms with Crippen LogP contribution in [0.3, 0.4) is 0 Å². The Balaban J connectivity index is 1.35. The zero-order chi connectivity index (χ0) is 25.1. The van der Waals surface area contributed by atoms with Crippen molar-refractivity contribution >= 4 is 46.8 Å². The van der Waals surface area contributed by atoms with Crippen molar-refractivity contribution in [2.24, 2.45) is 11.7 Å². The second kappa shape index (κ2) is 10.4. The van der Waals surface area contributed by atoms with Gasteiger partial charge in [0.05, 0.1) is 23.7 Å². The summed E-state index contributed by atoms with van der Waals surface area (Å²) in [4.78, 5) is 64.6. The van der Waals surface area contributed by atoms with Gasteiger partial charge in [-0.25, -0.2) is 9.69 Å². The number of rotatable bonds is 7. The van der Waals surface area contributed by atoms with Crippen molar-refractivity contribution in [3.63, 3.8) is 0 Å². The second-order valence-electron chi connectivity index (χ2n) is 8.55. The minimum Gasteiger partial charge on any atom is -0.454 e. The average molecular weight is 498 g/mol. The third kappa shape index (κ3) is 5.41. The van der Waals surface area contributed by atoms with Gasteiger partial charge in [0.1, 0.15) is 0 Å². The van der Waals surface area contributed by atoms with E-state index < -0.39 is 18.6 Å². The second-order valence-corrected chi connectivity index (χ2v) is 8.99. The molecule has 0 saturated carbocycles. The van der Waals surface area contributed by atoms with E-state index in [9.17, 15) is 24.0 Å². The third-order valence-corrected chi connectivity index (χ3v) is 6.61. The van der Waals surface area contributed by atoms with Gasteiger partial charge in [0.2, 0.25) is 11.8 Å². The number of Topliss-reactive ketones (excluding diaryl/α,β-unsaturated/α-hetero) is 1. The molecule has 35 heavy (non-hydrogen) atoms. The van der Waals surface area contributed by atoms with E-state index in [0.717, 1.165) is 4.90 Å². The number of carbonyl (C=O) groups excluding carboxylic acids is 5. The Kier molecular flexibility index (Phi) is 7.28. The monoisotopic (exact) mass is 497 g/mol. The summed E-state index contributed by atoms with van der Waals surface area (Å²) in [6.45, 7) is 0.606. The summed E-state index contributed by atoms with van der Waals surface area (Å²) in [6.07, 6.45) is 1.17. The largest absolute Gasteiger partial charge is 0.454 e. The predicted molar refractivity (Wildman–Crippen MR) is 127 cm³/mol. The Labute approximate surface area is 206 Å². The molecule has 2 aromatic carbocycles. The lowest BCUT2D eigenvalue weighted by Crippen LogP contribution is -2.47. The molecule has 0 spiro atoms. The predicted octanol–water partition coefficient (Wildman–Crippen LogP) is 2.21. The van der Waals surface area contributed by atoms with Crippen LogP contribution in [-0.2, 0) is 19.1 Å². The zero-order valence-electron chi connectivity index (χ0n) is 18.8. The highest BCUT2D eigenvalue weighted by Gasteiger charge is 2.43. The number of primary amides is 1. The maximum atomic E-state index is 13.0. The fourth-order valence-corrected chi connectivity index (χ4v) is 4.47. The number of benzene rings is 2. The summed E-state index contributed by atoms with van der Waals surface area (Å²) >= 11 is 5.80. The van der Waals surface area contributed by atoms with Crippen LogP contribution in [0.2, 0.25) is 5.02 Å². The molecule has 0 bridgehead atoms. The van der Waals surface area contributed by atoms with Gasteiger partial charge in [-0.1, -0.05) is 11.6 Å². The Morgan fingerprint density at radius 2 is 1.54 bits per heavy atom. The number of ether oxygens (including phenoxy) is 1. The number of nitrogens with two attached hydrogens (primary N) is 1. The molecule has 2 heterocycles. The molecule has 2 aliphatic heterocycles. The highest BCUT2D eigenvalue weighted by atomic mass is 35.5. The average Bonchev–Trinajstić information content (AvgIpc) is 3.16. The van der Waals surface area contributed by atoms with E-state index in [1.807, 2.05) is 4.90 Å². The highest BCUT2D eigenvalue weighted by molar-refractivity contribution is 6.30. The lowest BCUT2D eigenvalue weighted by atomic mass is 9.95. The van der Waals surface area contributed by atoms with Crippen LogP contribution < -0.4 is 10.6 Å². The standard InChI is InChI=1S/C25H24ClN3O6/c26-18-5-1-15(2-6-18)21(30)14-35-25(34)17-3-7-19(8-4-17)29-22(31)13-20(24(29)33)28-11-9-16(10-12-28)23(27)32/h1-8,16,20H,9-14H2,(H2,27,32). The summed E-state index contributed by atoms with van der Waals surface area (Å²) in [5, 5.41) is 0.493. The van der Waals surface area contributed by atoms with Crippen molar-refractivity contribution in [3.05, 3.63) is 64.7 Å². The quantitative estimate of drug-likeness (QED) is 0.353. The normalized spacial score (nSPS) is 19.1. The molecule has 1 unspecified atom stereocenters. The van der Waals surface area contributed by atoms with Gasteiger partial charge >= 0.3 is 5.97 Å². The Hall–Kier alpha value is -3.56. The molecule has 0 radical (unpaired) electrons. The van der Waals surface area contributed by atoms with E-state index >= 15 is 0 Å². The van der Waals surface area contributed by atoms with Crippen molar-refractivity contribution < 1.29 is 28.7 Å². The van der Waals surface area contributed by atoms with E-state index in [0.29, 0.717) is 42.2 Å². The first-order valence-corrected chi connectivity index (χ1v) is 11.6. The van der Waals surface area contributed by atoms with Crippen LogP contribution in [0.25, 0.3) is 0 Å². The van der Waals surface area contributed by atoms with E-state index in [2.05, 4.69) is 0 Å². The third-order valence-electron chi connectivity index (χ3n) is 6.36. The minimum atomic E-state index is -0.701. The molecule has 0 aromatic heterocycles. The van der Waals surface area contributed by atoms with E-state index in [1.165, 1.54) is 24.3 Å².